The third-order valence-corrected chi connectivity index (χ3v) is 3.87. The molecule has 4 nitrogen and oxygen atoms in total. The first-order chi connectivity index (χ1) is 9.19. The molecule has 19 heavy (non-hydrogen) atoms. The monoisotopic (exact) mass is 258 g/mol. The molecule has 1 saturated heterocycles. The van der Waals surface area contributed by atoms with E-state index in [-0.39, 0.29) is 0 Å². The van der Waals surface area contributed by atoms with Gasteiger partial charge in [-0.2, -0.15) is 5.26 Å². The summed E-state index contributed by atoms with van der Waals surface area (Å²) in [7, 11) is 2.18. The number of nitriles is 1. The number of piperidine rings is 1. The molecule has 0 unspecified atom stereocenters. The van der Waals surface area contributed by atoms with E-state index in [1.54, 1.807) is 6.07 Å². The number of nitrogens with zero attached hydrogens (tertiary/aromatic N) is 2. The van der Waals surface area contributed by atoms with Crippen molar-refractivity contribution in [2.24, 2.45) is 5.92 Å². The van der Waals surface area contributed by atoms with Crippen molar-refractivity contribution in [3.8, 4) is 6.07 Å². The van der Waals surface area contributed by atoms with Crippen LogP contribution in [0.1, 0.15) is 24.8 Å². The van der Waals surface area contributed by atoms with Crippen molar-refractivity contribution in [3.63, 3.8) is 0 Å². The van der Waals surface area contributed by atoms with E-state index in [1.165, 1.54) is 32.4 Å². The number of rotatable bonds is 4. The third kappa shape index (κ3) is 3.87. The van der Waals surface area contributed by atoms with Crippen molar-refractivity contribution in [1.29, 1.82) is 5.26 Å². The van der Waals surface area contributed by atoms with Crippen LogP contribution in [-0.4, -0.2) is 31.6 Å². The highest BCUT2D eigenvalue weighted by Gasteiger charge is 2.16. The Kier molecular flexibility index (Phi) is 4.64. The Bertz CT molecular complexity index is 456. The molecule has 4 heteroatoms. The quantitative estimate of drug-likeness (QED) is 0.813. The maximum Gasteiger partial charge on any atom is 0.101 e. The summed E-state index contributed by atoms with van der Waals surface area (Å²) in [6.45, 7) is 3.33. The molecule has 1 heterocycles. The van der Waals surface area contributed by atoms with Gasteiger partial charge in [-0.25, -0.2) is 0 Å². The second-order valence-electron chi connectivity index (χ2n) is 5.38. The molecule has 1 fully saturated rings. The lowest BCUT2D eigenvalue weighted by atomic mass is 9.94. The van der Waals surface area contributed by atoms with Crippen LogP contribution in [-0.2, 0) is 0 Å². The van der Waals surface area contributed by atoms with Gasteiger partial charge in [-0.05, 0) is 63.5 Å². The third-order valence-electron chi connectivity index (χ3n) is 3.87. The maximum atomic E-state index is 9.07. The van der Waals surface area contributed by atoms with E-state index in [1.807, 2.05) is 12.1 Å². The van der Waals surface area contributed by atoms with Gasteiger partial charge in [0.05, 0.1) is 11.3 Å². The van der Waals surface area contributed by atoms with E-state index in [0.717, 1.165) is 18.2 Å². The second-order valence-corrected chi connectivity index (χ2v) is 5.38. The van der Waals surface area contributed by atoms with Crippen LogP contribution in [0.25, 0.3) is 0 Å². The van der Waals surface area contributed by atoms with Crippen LogP contribution in [0.4, 0.5) is 11.4 Å². The maximum absolute atomic E-state index is 9.07. The largest absolute Gasteiger partial charge is 0.399 e. The smallest absolute Gasteiger partial charge is 0.101 e. The van der Waals surface area contributed by atoms with Crippen LogP contribution >= 0.6 is 0 Å². The first-order valence-electron chi connectivity index (χ1n) is 6.91. The predicted octanol–water partition coefficient (Wildman–Crippen LogP) is 2.28. The summed E-state index contributed by atoms with van der Waals surface area (Å²) in [5, 5.41) is 12.4. The molecule has 2 rings (SSSR count). The highest BCUT2D eigenvalue weighted by Crippen LogP contribution is 2.21. The average Bonchev–Trinajstić information content (AvgIpc) is 2.42. The summed E-state index contributed by atoms with van der Waals surface area (Å²) in [5.41, 5.74) is 7.84. The minimum Gasteiger partial charge on any atom is -0.399 e. The fourth-order valence-corrected chi connectivity index (χ4v) is 2.57. The Labute approximate surface area is 115 Å². The zero-order valence-corrected chi connectivity index (χ0v) is 11.5. The van der Waals surface area contributed by atoms with Crippen molar-refractivity contribution < 1.29 is 0 Å². The molecule has 1 aromatic carbocycles. The normalized spacial score (nSPS) is 17.1. The van der Waals surface area contributed by atoms with Gasteiger partial charge in [-0.15, -0.1) is 0 Å². The van der Waals surface area contributed by atoms with Gasteiger partial charge in [0.25, 0.3) is 0 Å². The van der Waals surface area contributed by atoms with Crippen LogP contribution in [0.3, 0.4) is 0 Å². The van der Waals surface area contributed by atoms with Crippen molar-refractivity contribution in [2.45, 2.75) is 19.3 Å². The molecule has 0 aliphatic carbocycles. The van der Waals surface area contributed by atoms with Crippen LogP contribution in [0.2, 0.25) is 0 Å². The summed E-state index contributed by atoms with van der Waals surface area (Å²) < 4.78 is 0. The van der Waals surface area contributed by atoms with Crippen molar-refractivity contribution in [1.82, 2.24) is 4.90 Å². The Balaban J connectivity index is 1.81. The summed E-state index contributed by atoms with van der Waals surface area (Å²) in [6.07, 6.45) is 3.74. The average molecular weight is 258 g/mol. The second kappa shape index (κ2) is 6.44. The van der Waals surface area contributed by atoms with E-state index in [4.69, 9.17) is 11.0 Å². The van der Waals surface area contributed by atoms with Gasteiger partial charge in [-0.1, -0.05) is 0 Å². The van der Waals surface area contributed by atoms with E-state index in [2.05, 4.69) is 23.3 Å². The molecule has 0 atom stereocenters. The number of hydrogen-bond donors (Lipinski definition) is 2. The first kappa shape index (κ1) is 13.7. The molecule has 0 amide bonds. The number of nitrogens with one attached hydrogen (secondary N) is 1. The molecular formula is C15H22N4. The molecule has 3 N–H and O–H groups in total. The summed E-state index contributed by atoms with van der Waals surface area (Å²) in [5.74, 6) is 0.808. The highest BCUT2D eigenvalue weighted by atomic mass is 15.1. The molecule has 0 aromatic heterocycles. The number of nitrogens with two attached hydrogens (primary N) is 1. The lowest BCUT2D eigenvalue weighted by molar-refractivity contribution is 0.215. The van der Waals surface area contributed by atoms with Gasteiger partial charge in [0.15, 0.2) is 0 Å². The minimum absolute atomic E-state index is 0.628. The van der Waals surface area contributed by atoms with E-state index >= 15 is 0 Å². The molecular weight excluding hydrogens is 236 g/mol. The van der Waals surface area contributed by atoms with Gasteiger partial charge in [0, 0.05) is 12.2 Å². The lowest BCUT2D eigenvalue weighted by Gasteiger charge is -2.29. The standard InChI is InChI=1S/C15H22N4/c1-19-8-5-12(6-9-19)4-7-18-15-3-2-14(17)10-13(15)11-16/h2-3,10,12,18H,4-9,17H2,1H3. The fourth-order valence-electron chi connectivity index (χ4n) is 2.57. The topological polar surface area (TPSA) is 65.1 Å². The minimum atomic E-state index is 0.628. The predicted molar refractivity (Wildman–Crippen MR) is 78.9 cm³/mol. The van der Waals surface area contributed by atoms with E-state index in [9.17, 15) is 0 Å². The molecule has 0 spiro atoms. The van der Waals surface area contributed by atoms with Crippen molar-refractivity contribution in [2.75, 3.05) is 37.7 Å². The van der Waals surface area contributed by atoms with Gasteiger partial charge in [0.1, 0.15) is 6.07 Å². The molecule has 1 aliphatic rings. The van der Waals surface area contributed by atoms with Gasteiger partial charge in [0.2, 0.25) is 0 Å². The van der Waals surface area contributed by atoms with Crippen molar-refractivity contribution in [3.05, 3.63) is 23.8 Å². The number of hydrogen-bond acceptors (Lipinski definition) is 4. The molecule has 0 saturated carbocycles. The molecule has 0 bridgehead atoms. The van der Waals surface area contributed by atoms with E-state index in [0.29, 0.717) is 11.3 Å². The van der Waals surface area contributed by atoms with E-state index < -0.39 is 0 Å². The molecule has 1 aromatic rings. The highest BCUT2D eigenvalue weighted by molar-refractivity contribution is 5.62. The first-order valence-corrected chi connectivity index (χ1v) is 6.91. The summed E-state index contributed by atoms with van der Waals surface area (Å²) >= 11 is 0. The summed E-state index contributed by atoms with van der Waals surface area (Å²) in [4.78, 5) is 2.39. The Morgan fingerprint density at radius 1 is 1.42 bits per heavy atom. The lowest BCUT2D eigenvalue weighted by Crippen LogP contribution is -2.30. The SMILES string of the molecule is CN1CCC(CCNc2ccc(N)cc2C#N)CC1. The molecule has 0 radical (unpaired) electrons. The fraction of sp³-hybridized carbons (Fsp3) is 0.533. The Hall–Kier alpha value is -1.73. The van der Waals surface area contributed by atoms with Gasteiger partial charge >= 0.3 is 0 Å². The van der Waals surface area contributed by atoms with Crippen molar-refractivity contribution >= 4 is 11.4 Å². The zero-order chi connectivity index (χ0) is 13.7. The Morgan fingerprint density at radius 3 is 2.84 bits per heavy atom. The molecule has 1 aliphatic heterocycles. The zero-order valence-electron chi connectivity index (χ0n) is 11.5. The van der Waals surface area contributed by atoms with Gasteiger partial charge in [-0.3, -0.25) is 0 Å². The number of nitrogen functional groups attached to an aromatic ring is 1. The van der Waals surface area contributed by atoms with Crippen LogP contribution in [0, 0.1) is 17.2 Å². The van der Waals surface area contributed by atoms with Crippen LogP contribution in [0.15, 0.2) is 18.2 Å². The Morgan fingerprint density at radius 2 is 2.16 bits per heavy atom. The summed E-state index contributed by atoms with van der Waals surface area (Å²) in [6, 6.07) is 7.63. The van der Waals surface area contributed by atoms with Crippen LogP contribution in [0.5, 0.6) is 0 Å². The van der Waals surface area contributed by atoms with Gasteiger partial charge < -0.3 is 16.0 Å². The number of anilines is 2. The molecule has 102 valence electrons. The number of likely N-dealkylation sites (tertiary alicyclic amines) is 1. The number of benzene rings is 1. The van der Waals surface area contributed by atoms with Crippen LogP contribution < -0.4 is 11.1 Å².